The number of carbonyl (C=O) groups is 14. The predicted octanol–water partition coefficient (Wildman–Crippen LogP) is 1.51. The van der Waals surface area contributed by atoms with Crippen molar-refractivity contribution >= 4 is 88.5 Å². The molecule has 3 aliphatic heterocycles. The second kappa shape index (κ2) is 35.5. The number of anilines is 1. The maximum absolute atomic E-state index is 15.5. The highest BCUT2D eigenvalue weighted by atomic mass is 16.6. The summed E-state index contributed by atoms with van der Waals surface area (Å²) >= 11 is 0. The van der Waals surface area contributed by atoms with Crippen LogP contribution in [0.3, 0.4) is 0 Å². The SMILES string of the molecule is CC[C@H](C)[C@@H]1NC(=O)[C@H](C(C)C)N(C)C(=O)[C@@H]2C[C@@]3(O)c4ccccc4N[C@H]3N2C(=O)CN(C)C(=O)[C@H]([C@@H](C)CC)N(C)C(=O)[C@H](C(C)C)NC(=O)[C@@H](OC(C)=O)N(C)C(=O)[C@H]([C@@H](C)[C@H](C)OC(C)=O)N(C)C(=O)[C@H](C(C)(C)O)N(C)C(=O)CN(C)C(=O)[C@H](C(C)C)N(C)C(=O)[C@H](C(C)C)N(C)C1=O. The Hall–Kier alpha value is -8.48. The summed E-state index contributed by atoms with van der Waals surface area (Å²) in [6.07, 6.45) is -4.41. The molecule has 4 rings (SSSR count). The molecule has 3 heterocycles. The lowest BCUT2D eigenvalue weighted by molar-refractivity contribution is -0.175. The van der Waals surface area contributed by atoms with Crippen molar-refractivity contribution < 1.29 is 86.8 Å². The van der Waals surface area contributed by atoms with Crippen LogP contribution in [0.4, 0.5) is 5.69 Å². The van der Waals surface area contributed by atoms with Crippen molar-refractivity contribution in [2.75, 3.05) is 81.8 Å². The maximum atomic E-state index is 15.5. The fraction of sp³-hybridized carbons (Fsp3) is 0.726. The van der Waals surface area contributed by atoms with E-state index >= 15 is 43.2 Å². The van der Waals surface area contributed by atoms with E-state index in [9.17, 15) is 34.2 Å². The zero-order valence-corrected chi connectivity index (χ0v) is 66.2. The molecule has 31 heteroatoms. The Morgan fingerprint density at radius 3 is 1.44 bits per heavy atom. The largest absolute Gasteiger partial charge is 0.462 e. The molecule has 104 heavy (non-hydrogen) atoms. The number of rotatable bonds is 13. The number of ether oxygens (including phenoxy) is 2. The van der Waals surface area contributed by atoms with Gasteiger partial charge in [0.1, 0.15) is 72.2 Å². The molecule has 0 saturated carbocycles. The van der Waals surface area contributed by atoms with Crippen LogP contribution in [0.1, 0.15) is 149 Å². The smallest absolute Gasteiger partial charge is 0.304 e. The van der Waals surface area contributed by atoms with E-state index in [-0.39, 0.29) is 6.42 Å². The van der Waals surface area contributed by atoms with Gasteiger partial charge in [-0.05, 0) is 62.3 Å². The predicted molar refractivity (Wildman–Crippen MR) is 385 cm³/mol. The van der Waals surface area contributed by atoms with Gasteiger partial charge in [0.2, 0.25) is 65.0 Å². The van der Waals surface area contributed by atoms with Crippen LogP contribution in [0.2, 0.25) is 0 Å². The highest BCUT2D eigenvalue weighted by molar-refractivity contribution is 6.00. The third-order valence-electron chi connectivity index (χ3n) is 21.0. The number of nitrogens with one attached hydrogen (secondary N) is 3. The average Bonchev–Trinajstić information content (AvgIpc) is 1.55. The maximum Gasteiger partial charge on any atom is 0.304 e. The van der Waals surface area contributed by atoms with Gasteiger partial charge in [-0.3, -0.25) is 67.1 Å². The molecule has 2 saturated heterocycles. The van der Waals surface area contributed by atoms with Crippen LogP contribution in [0.5, 0.6) is 0 Å². The summed E-state index contributed by atoms with van der Waals surface area (Å²) in [4.78, 5) is 218. The van der Waals surface area contributed by atoms with Gasteiger partial charge in [0.25, 0.3) is 12.1 Å². The molecule has 2 fully saturated rings. The Morgan fingerprint density at radius 1 is 0.510 bits per heavy atom. The van der Waals surface area contributed by atoms with Crippen molar-refractivity contribution in [2.45, 2.75) is 228 Å². The fourth-order valence-electron chi connectivity index (χ4n) is 14.6. The molecule has 1 aromatic carbocycles. The summed E-state index contributed by atoms with van der Waals surface area (Å²) in [6.45, 7) is 26.2. The van der Waals surface area contributed by atoms with Crippen LogP contribution >= 0.6 is 0 Å². The zero-order chi connectivity index (χ0) is 79.9. The molecule has 0 radical (unpaired) electrons. The number of likely N-dealkylation sites (N-methyl/N-ethyl adjacent to an activating group) is 9. The number of nitrogens with zero attached hydrogens (tertiary/aromatic N) is 10. The zero-order valence-electron chi connectivity index (χ0n) is 66.2. The molecule has 12 amide bonds. The normalized spacial score (nSPS) is 28.1. The van der Waals surface area contributed by atoms with E-state index in [4.69, 9.17) is 9.47 Å². The van der Waals surface area contributed by atoms with Gasteiger partial charge < -0.3 is 84.6 Å². The minimum absolute atomic E-state index is 0.290. The Morgan fingerprint density at radius 2 is 0.952 bits per heavy atom. The summed E-state index contributed by atoms with van der Waals surface area (Å²) in [5.41, 5.74) is -3.19. The summed E-state index contributed by atoms with van der Waals surface area (Å²) in [5.74, 6) is -17.4. The van der Waals surface area contributed by atoms with Crippen molar-refractivity contribution in [1.29, 1.82) is 0 Å². The topological polar surface area (TPSA) is 366 Å². The number of hydrogen-bond acceptors (Lipinski definition) is 19. The number of aliphatic hydroxyl groups is 2. The summed E-state index contributed by atoms with van der Waals surface area (Å²) < 4.78 is 11.1. The minimum Gasteiger partial charge on any atom is -0.462 e. The van der Waals surface area contributed by atoms with E-state index < -0.39 is 221 Å². The van der Waals surface area contributed by atoms with Gasteiger partial charge in [0.15, 0.2) is 0 Å². The van der Waals surface area contributed by atoms with Crippen molar-refractivity contribution in [1.82, 2.24) is 59.6 Å². The highest BCUT2D eigenvalue weighted by Crippen LogP contribution is 2.50. The number of benzene rings is 1. The summed E-state index contributed by atoms with van der Waals surface area (Å²) in [7, 11) is 11.5. The molecule has 31 nitrogen and oxygen atoms in total. The monoisotopic (exact) mass is 1470 g/mol. The quantitative estimate of drug-likeness (QED) is 0.175. The van der Waals surface area contributed by atoms with E-state index in [2.05, 4.69) is 16.0 Å². The van der Waals surface area contributed by atoms with Gasteiger partial charge in [0.05, 0.1) is 18.7 Å². The fourth-order valence-corrected chi connectivity index (χ4v) is 14.6. The van der Waals surface area contributed by atoms with Crippen LogP contribution in [0, 0.1) is 41.4 Å². The first-order valence-corrected chi connectivity index (χ1v) is 35.9. The van der Waals surface area contributed by atoms with Crippen molar-refractivity contribution in [3.63, 3.8) is 0 Å². The van der Waals surface area contributed by atoms with Gasteiger partial charge in [-0.1, -0.05) is 121 Å². The first-order chi connectivity index (χ1) is 47.9. The van der Waals surface area contributed by atoms with Crippen molar-refractivity contribution in [3.05, 3.63) is 29.8 Å². The highest BCUT2D eigenvalue weighted by Gasteiger charge is 2.61. The molecule has 0 unspecified atom stereocenters. The Balaban J connectivity index is 2.03. The van der Waals surface area contributed by atoms with Gasteiger partial charge in [-0.2, -0.15) is 0 Å². The Labute approximate surface area is 613 Å². The van der Waals surface area contributed by atoms with Crippen LogP contribution in [-0.2, 0) is 82.2 Å². The minimum atomic E-state index is -2.20. The van der Waals surface area contributed by atoms with Gasteiger partial charge in [0, 0.05) is 101 Å². The molecule has 5 N–H and O–H groups in total. The molecule has 1 aromatic rings. The van der Waals surface area contributed by atoms with E-state index in [1.54, 1.807) is 107 Å². The molecule has 584 valence electrons. The lowest BCUT2D eigenvalue weighted by Gasteiger charge is -2.43. The Kier molecular flexibility index (Phi) is 30.0. The standard InChI is InChI=1S/C73H119N13O18/c1-28-41(11)53-64(95)81(23)56(40(9)10)67(98)82(24)55(39(7)8)65(96)77(19)35-50(89)79(21)59(72(17,18)101)69(100)84(26)58(43(13)44(14)103-45(15)87)68(99)85(27)70(104-46(16)88)61(92)75-52(37(3)4)63(94)83(25)57(42(12)29-2)66(97)78(20)36-51(90)86-49(62(93)80(22)54(38(5)6)60(91)76-53)34-73(102)47-32-30-31-33-48(47)74-71(73)86/h30-33,37-44,49,52-59,70-71,74,101-102H,28-29,34-36H2,1-27H3,(H,75,92)(H,76,91)/t41-,42-,43-,44-,49-,52-,53-,54-,55-,56-,57-,58-,59+,70+,71-,73+/m0/s1. The Bertz CT molecular complexity index is 3360. The molecule has 3 aliphatic rings. The molecule has 0 bridgehead atoms. The molecule has 0 spiro atoms. The van der Waals surface area contributed by atoms with Crippen molar-refractivity contribution in [3.8, 4) is 0 Å². The number of amides is 12. The van der Waals surface area contributed by atoms with Gasteiger partial charge in [-0.15, -0.1) is 0 Å². The second-order valence-corrected chi connectivity index (χ2v) is 30.8. The molecular weight excluding hydrogens is 1350 g/mol. The molecule has 0 aromatic heterocycles. The van der Waals surface area contributed by atoms with E-state index in [0.29, 0.717) is 29.0 Å². The molecular formula is C73H119N13O18. The van der Waals surface area contributed by atoms with E-state index in [1.807, 2.05) is 0 Å². The third-order valence-corrected chi connectivity index (χ3v) is 21.0. The van der Waals surface area contributed by atoms with Crippen LogP contribution in [0.15, 0.2) is 24.3 Å². The van der Waals surface area contributed by atoms with E-state index in [0.717, 1.165) is 55.2 Å². The first kappa shape index (κ1) is 87.9. The van der Waals surface area contributed by atoms with Crippen LogP contribution < -0.4 is 16.0 Å². The molecule has 0 aliphatic carbocycles. The summed E-state index contributed by atoms with van der Waals surface area (Å²) in [5, 5.41) is 33.4. The summed E-state index contributed by atoms with van der Waals surface area (Å²) in [6, 6.07) is -6.47. The van der Waals surface area contributed by atoms with E-state index in [1.165, 1.54) is 93.9 Å². The third kappa shape index (κ3) is 19.0. The van der Waals surface area contributed by atoms with Crippen molar-refractivity contribution in [2.24, 2.45) is 41.4 Å². The average molecular weight is 1470 g/mol. The lowest BCUT2D eigenvalue weighted by atomic mass is 9.90. The number of esters is 2. The van der Waals surface area contributed by atoms with Crippen LogP contribution in [0.25, 0.3) is 0 Å². The number of hydrogen-bond donors (Lipinski definition) is 5. The van der Waals surface area contributed by atoms with Gasteiger partial charge >= 0.3 is 11.9 Å². The first-order valence-electron chi connectivity index (χ1n) is 35.9. The number of carbonyl (C=O) groups excluding carboxylic acids is 14. The second-order valence-electron chi connectivity index (χ2n) is 30.8. The lowest BCUT2D eigenvalue weighted by Crippen LogP contribution is -2.65. The van der Waals surface area contributed by atoms with Crippen LogP contribution in [-0.4, -0.2) is 297 Å². The van der Waals surface area contributed by atoms with Gasteiger partial charge in [-0.25, -0.2) is 0 Å². The number of fused-ring (bicyclic) bond motifs is 5. The number of para-hydroxylation sites is 1. The molecule has 16 atom stereocenters.